The fourth-order valence-electron chi connectivity index (χ4n) is 10.8. The number of carbonyl (C=O) groups is 15. The van der Waals surface area contributed by atoms with Gasteiger partial charge in [-0.3, -0.25) is 0 Å². The Morgan fingerprint density at radius 3 is 0.336 bits per heavy atom. The van der Waals surface area contributed by atoms with Crippen molar-refractivity contribution in [1.82, 2.24) is 0 Å². The molecule has 0 radical (unpaired) electrons. The first-order chi connectivity index (χ1) is 56.4. The lowest BCUT2D eigenvalue weighted by Crippen LogP contribution is -2.39. The van der Waals surface area contributed by atoms with Gasteiger partial charge in [-0.1, -0.05) is 106 Å². The van der Waals surface area contributed by atoms with E-state index in [1.165, 1.54) is 111 Å². The summed E-state index contributed by atoms with van der Waals surface area (Å²) in [5.41, 5.74) is -1.65. The normalized spacial score (nSPS) is 14.4. The van der Waals surface area contributed by atoms with Gasteiger partial charge < -0.3 is 71.1 Å². The number of hydrogen-bond acceptors (Lipinski definition) is 30. The molecule has 0 amide bonds. The molecule has 0 saturated heterocycles. The number of esters is 15. The largest absolute Gasteiger partial charge is 0.459 e. The highest BCUT2D eigenvalue weighted by molar-refractivity contribution is 5.93. The molecule has 0 fully saturated rings. The average Bonchev–Trinajstić information content (AvgIpc) is 0.855. The smallest absolute Gasteiger partial charge is 0.333 e. The monoisotopic (exact) mass is 1710 g/mol. The molecule has 674 valence electrons. The SMILES string of the molecule is C=C(C)C(=O)OC(C)CC(CC(CC(CC(CC(CC(CC(CC(CC(CC(CC(CC(CC(CC(CC)OC(=O)C(=C)C)OC(=O)C(=C)C)OC(=O)C(=C)C)OC(=O)C(=C)C)OC(=O)C(=C)C)OC(=O)C(=C)C)OC(=O)C(=C)C)OC(=O)C(=C)C)OC(=O)C(=C)C)OC(=O)C(=C)C)OC(=O)C(=C)C)OC(=O)C(=C)C)OC(=O)C(=C)C)OC(=O)C(=C)C. The van der Waals surface area contributed by atoms with Crippen LogP contribution in [0.2, 0.25) is 0 Å². The molecule has 15 atom stereocenters. The molecule has 0 bridgehead atoms. The molecule has 122 heavy (non-hydrogen) atoms. The predicted molar refractivity (Wildman–Crippen MR) is 451 cm³/mol. The second-order valence-corrected chi connectivity index (χ2v) is 31.0. The van der Waals surface area contributed by atoms with E-state index >= 15 is 0 Å². The zero-order valence-electron chi connectivity index (χ0n) is 74.1. The van der Waals surface area contributed by atoms with Gasteiger partial charge >= 0.3 is 89.5 Å². The summed E-state index contributed by atoms with van der Waals surface area (Å²) in [5, 5.41) is 0. The Hall–Kier alpha value is -11.9. The molecule has 0 spiro atoms. The van der Waals surface area contributed by atoms with E-state index in [0.717, 1.165) is 0 Å². The Morgan fingerprint density at radius 2 is 0.238 bits per heavy atom. The molecule has 0 heterocycles. The lowest BCUT2D eigenvalue weighted by atomic mass is 9.92. The number of ether oxygens (including phenoxy) is 15. The zero-order chi connectivity index (χ0) is 94.2. The van der Waals surface area contributed by atoms with Crippen molar-refractivity contribution in [3.05, 3.63) is 182 Å². The van der Waals surface area contributed by atoms with E-state index in [1.54, 1.807) is 6.92 Å². The summed E-state index contributed by atoms with van der Waals surface area (Å²) in [5.74, 6) is -14.6. The fraction of sp³-hybridized carbons (Fsp3) is 0.511. The van der Waals surface area contributed by atoms with Gasteiger partial charge in [0.15, 0.2) is 0 Å². The van der Waals surface area contributed by atoms with E-state index in [0.29, 0.717) is 0 Å². The second-order valence-electron chi connectivity index (χ2n) is 31.0. The third kappa shape index (κ3) is 45.0. The first-order valence-corrected chi connectivity index (χ1v) is 39.3. The van der Waals surface area contributed by atoms with Crippen LogP contribution in [0.15, 0.2) is 182 Å². The fourth-order valence-corrected chi connectivity index (χ4v) is 10.8. The van der Waals surface area contributed by atoms with E-state index in [2.05, 4.69) is 98.7 Å². The van der Waals surface area contributed by atoms with Crippen LogP contribution in [0.25, 0.3) is 0 Å². The van der Waals surface area contributed by atoms with Gasteiger partial charge in [-0.15, -0.1) is 0 Å². The van der Waals surface area contributed by atoms with Crippen LogP contribution in [0.3, 0.4) is 0 Å². The molecule has 15 unspecified atom stereocenters. The summed E-state index contributed by atoms with van der Waals surface area (Å²) in [6.07, 6.45) is -27.8. The van der Waals surface area contributed by atoms with Gasteiger partial charge in [0, 0.05) is 173 Å². The van der Waals surface area contributed by atoms with Crippen LogP contribution in [0.5, 0.6) is 0 Å². The molecule has 0 aromatic carbocycles. The Bertz CT molecular complexity index is 4020. The van der Waals surface area contributed by atoms with Crippen molar-refractivity contribution in [2.24, 2.45) is 0 Å². The minimum atomic E-state index is -1.62. The summed E-state index contributed by atoms with van der Waals surface area (Å²) in [6, 6.07) is 0. The Balaban J connectivity index is 9.12. The number of carbonyl (C=O) groups excluding carboxylic acids is 15. The lowest BCUT2D eigenvalue weighted by molar-refractivity contribution is -0.163. The maximum absolute atomic E-state index is 14.1. The molecule has 0 rings (SSSR count). The van der Waals surface area contributed by atoms with E-state index in [1.807, 2.05) is 0 Å². The van der Waals surface area contributed by atoms with E-state index < -0.39 is 245 Å². The van der Waals surface area contributed by atoms with Gasteiger partial charge in [-0.2, -0.15) is 0 Å². The predicted octanol–water partition coefficient (Wildman–Crippen LogP) is 14.2. The molecule has 30 heteroatoms. The lowest BCUT2D eigenvalue weighted by Gasteiger charge is -2.33. The van der Waals surface area contributed by atoms with Crippen LogP contribution in [-0.2, 0) is 143 Å². The molecule has 0 aliphatic carbocycles. The molecule has 0 N–H and O–H groups in total. The summed E-state index contributed by atoms with van der Waals surface area (Å²) in [4.78, 5) is 205. The van der Waals surface area contributed by atoms with Crippen molar-refractivity contribution in [2.45, 2.75) is 306 Å². The van der Waals surface area contributed by atoms with Crippen molar-refractivity contribution >= 4 is 89.5 Å². The van der Waals surface area contributed by atoms with Crippen LogP contribution in [0.4, 0.5) is 0 Å². The van der Waals surface area contributed by atoms with E-state index in [4.69, 9.17) is 71.1 Å². The second kappa shape index (κ2) is 54.4. The van der Waals surface area contributed by atoms with Gasteiger partial charge in [0.05, 0.1) is 0 Å². The molecule has 30 nitrogen and oxygen atoms in total. The van der Waals surface area contributed by atoms with Crippen molar-refractivity contribution in [3.63, 3.8) is 0 Å². The topological polar surface area (TPSA) is 394 Å². The van der Waals surface area contributed by atoms with Crippen LogP contribution in [0, 0.1) is 0 Å². The molecule has 0 aromatic heterocycles. The summed E-state index contributed by atoms with van der Waals surface area (Å²) < 4.78 is 89.4. The molecule has 0 aliphatic heterocycles. The van der Waals surface area contributed by atoms with E-state index in [9.17, 15) is 71.9 Å². The minimum Gasteiger partial charge on any atom is -0.459 e. The van der Waals surface area contributed by atoms with Crippen LogP contribution < -0.4 is 0 Å². The minimum absolute atomic E-state index is 0.0308. The number of rotatable bonds is 59. The van der Waals surface area contributed by atoms with Crippen LogP contribution in [0.1, 0.15) is 214 Å². The van der Waals surface area contributed by atoms with Crippen molar-refractivity contribution < 1.29 is 143 Å². The summed E-state index contributed by atoms with van der Waals surface area (Å²) >= 11 is 0. The van der Waals surface area contributed by atoms with E-state index in [-0.39, 0.29) is 116 Å². The number of hydrogen-bond donors (Lipinski definition) is 0. The van der Waals surface area contributed by atoms with Crippen molar-refractivity contribution in [3.8, 4) is 0 Å². The average molecular weight is 1710 g/mol. The molecular weight excluding hydrogens is 1580 g/mol. The summed E-state index contributed by atoms with van der Waals surface area (Å²) in [6.45, 7) is 78.7. The maximum atomic E-state index is 14.1. The van der Waals surface area contributed by atoms with Gasteiger partial charge in [0.1, 0.15) is 91.6 Å². The quantitative estimate of drug-likeness (QED) is 0.0310. The molecule has 0 aliphatic rings. The summed E-state index contributed by atoms with van der Waals surface area (Å²) in [7, 11) is 0. The molecular formula is C92H126O30. The highest BCUT2D eigenvalue weighted by Gasteiger charge is 2.40. The van der Waals surface area contributed by atoms with Crippen LogP contribution >= 0.6 is 0 Å². The molecule has 0 aromatic rings. The van der Waals surface area contributed by atoms with Gasteiger partial charge in [0.2, 0.25) is 0 Å². The standard InChI is InChI=1S/C92H126O30/c1-33-64(109-79(94)49(4)5)35-66(111-81(96)51(8)9)37-68(113-83(98)53(12)13)39-70(115-85(100)55(16)17)41-72(117-87(102)57(20)21)43-74(119-89(104)59(24)25)45-76(121-91(106)61(28)29)47-77(122-92(107)62(30)31)46-75(120-90(105)60(26)27)44-73(118-88(103)58(22)23)42-71(116-86(101)56(18)19)40-69(114-84(99)54(14)15)38-67(112-82(97)52(10)11)36-65(110-80(95)50(6)7)34-63(32)108-78(93)48(2)3/h63-77H,2,4,6,8,10,12,14,16,18,20,22,24,26,28,30,33-47H2,1,3,5,7,9,11,13,15,17,19,21,23,25,27,29,31-32H3. The first-order valence-electron chi connectivity index (χ1n) is 39.3. The highest BCUT2D eigenvalue weighted by Crippen LogP contribution is 2.33. The Kier molecular flexibility index (Phi) is 49.1. The maximum Gasteiger partial charge on any atom is 0.333 e. The third-order valence-corrected chi connectivity index (χ3v) is 17.3. The highest BCUT2D eigenvalue weighted by atomic mass is 16.6. The first kappa shape index (κ1) is 110. The van der Waals surface area contributed by atoms with Crippen molar-refractivity contribution in [1.29, 1.82) is 0 Å². The third-order valence-electron chi connectivity index (χ3n) is 17.3. The Morgan fingerprint density at radius 1 is 0.156 bits per heavy atom. The van der Waals surface area contributed by atoms with Gasteiger partial charge in [0.25, 0.3) is 0 Å². The van der Waals surface area contributed by atoms with Crippen molar-refractivity contribution in [2.75, 3.05) is 0 Å². The van der Waals surface area contributed by atoms with Gasteiger partial charge in [-0.05, 0) is 117 Å². The Labute approximate surface area is 717 Å². The van der Waals surface area contributed by atoms with Crippen LogP contribution in [-0.4, -0.2) is 181 Å². The van der Waals surface area contributed by atoms with Gasteiger partial charge in [-0.25, -0.2) is 71.9 Å². The zero-order valence-corrected chi connectivity index (χ0v) is 74.1. The molecule has 0 saturated carbocycles.